The van der Waals surface area contributed by atoms with Crippen LogP contribution in [0.4, 0.5) is 30.7 Å². The summed E-state index contributed by atoms with van der Waals surface area (Å²) in [5, 5.41) is 13.3. The van der Waals surface area contributed by atoms with Gasteiger partial charge in [-0.25, -0.2) is 9.18 Å². The highest BCUT2D eigenvalue weighted by molar-refractivity contribution is 5.91. The molecule has 5 nitrogen and oxygen atoms in total. The fourth-order valence-electron chi connectivity index (χ4n) is 5.51. The number of oxime groups is 1. The predicted molar refractivity (Wildman–Crippen MR) is 156 cm³/mol. The quantitative estimate of drug-likeness (QED) is 0.203. The molecule has 1 aliphatic heterocycles. The van der Waals surface area contributed by atoms with Crippen molar-refractivity contribution in [2.45, 2.75) is 45.1 Å². The number of rotatable bonds is 7. The summed E-state index contributed by atoms with van der Waals surface area (Å²) in [7, 11) is 1.28. The average molecular weight is 646 g/mol. The van der Waals surface area contributed by atoms with Crippen molar-refractivity contribution in [1.29, 1.82) is 0 Å². The summed E-state index contributed by atoms with van der Waals surface area (Å²) in [5.74, 6) is -1.83. The minimum Gasteiger partial charge on any atom is -0.496 e. The third-order valence-electron chi connectivity index (χ3n) is 7.70. The number of hydrogen-bond donors (Lipinski definition) is 1. The summed E-state index contributed by atoms with van der Waals surface area (Å²) >= 11 is 0. The Balaban J connectivity index is 1.55. The first-order valence-electron chi connectivity index (χ1n) is 13.9. The molecule has 0 radical (unpaired) electrons. The molecule has 0 aliphatic carbocycles. The van der Waals surface area contributed by atoms with E-state index in [1.54, 1.807) is 6.92 Å². The number of aryl methyl sites for hydroxylation is 2. The molecule has 1 heterocycles. The van der Waals surface area contributed by atoms with E-state index in [0.717, 1.165) is 30.3 Å². The van der Waals surface area contributed by atoms with Crippen molar-refractivity contribution in [3.05, 3.63) is 111 Å². The number of nitrogens with zero attached hydrogens (tertiary/aromatic N) is 1. The van der Waals surface area contributed by atoms with Crippen molar-refractivity contribution in [2.75, 3.05) is 7.11 Å². The molecule has 46 heavy (non-hydrogen) atoms. The standard InChI is InChI=1S/C34H26F7NO4/c1-17-8-21(12-23(9-17)34(39,40)41)30-14-24(42-46-30)13-20-11-22(33(36,37)38)5-7-26(20)28-15-27(29(35)16-31(28)45-3)25-6-4-19(32(43)44)10-18(25)2/h4-12,15-16,30H,13-14H2,1-3H3,(H,43,44)/t30-/m0/s1. The van der Waals surface area contributed by atoms with Crippen LogP contribution in [0.15, 0.2) is 71.9 Å². The minimum absolute atomic E-state index is 0.00132. The number of carboxylic acid groups (broad SMARTS) is 1. The zero-order chi connectivity index (χ0) is 33.6. The maximum atomic E-state index is 15.4. The molecule has 0 amide bonds. The van der Waals surface area contributed by atoms with Gasteiger partial charge >= 0.3 is 18.3 Å². The van der Waals surface area contributed by atoms with Gasteiger partial charge < -0.3 is 14.7 Å². The van der Waals surface area contributed by atoms with Crippen LogP contribution in [0, 0.1) is 19.7 Å². The summed E-state index contributed by atoms with van der Waals surface area (Å²) in [5.41, 5.74) is 0.636. The molecule has 4 aromatic carbocycles. The summed E-state index contributed by atoms with van der Waals surface area (Å²) in [4.78, 5) is 16.9. The maximum absolute atomic E-state index is 15.4. The van der Waals surface area contributed by atoms with Gasteiger partial charge in [-0.2, -0.15) is 26.3 Å². The third-order valence-corrected chi connectivity index (χ3v) is 7.70. The van der Waals surface area contributed by atoms with E-state index in [1.165, 1.54) is 50.4 Å². The van der Waals surface area contributed by atoms with Crippen LogP contribution >= 0.6 is 0 Å². The van der Waals surface area contributed by atoms with Crippen molar-refractivity contribution in [1.82, 2.24) is 0 Å². The van der Waals surface area contributed by atoms with E-state index >= 15 is 4.39 Å². The van der Waals surface area contributed by atoms with Gasteiger partial charge in [0.15, 0.2) is 6.10 Å². The van der Waals surface area contributed by atoms with E-state index in [0.29, 0.717) is 22.4 Å². The summed E-state index contributed by atoms with van der Waals surface area (Å²) < 4.78 is 103. The highest BCUT2D eigenvalue weighted by atomic mass is 19.4. The molecule has 0 aromatic heterocycles. The first-order valence-corrected chi connectivity index (χ1v) is 13.9. The molecule has 0 saturated heterocycles. The first-order chi connectivity index (χ1) is 21.5. The fourth-order valence-corrected chi connectivity index (χ4v) is 5.51. The van der Waals surface area contributed by atoms with Crippen LogP contribution in [0.1, 0.15) is 56.3 Å². The second kappa shape index (κ2) is 12.1. The van der Waals surface area contributed by atoms with Crippen LogP contribution in [-0.2, 0) is 23.6 Å². The number of halogens is 7. The number of methoxy groups -OCH3 is 1. The number of benzene rings is 4. The number of ether oxygens (including phenoxy) is 1. The maximum Gasteiger partial charge on any atom is 0.416 e. The predicted octanol–water partition coefficient (Wildman–Crippen LogP) is 9.58. The Kier molecular flexibility index (Phi) is 8.59. The van der Waals surface area contributed by atoms with Gasteiger partial charge in [-0.15, -0.1) is 0 Å². The van der Waals surface area contributed by atoms with Crippen molar-refractivity contribution in [2.24, 2.45) is 5.16 Å². The topological polar surface area (TPSA) is 68.1 Å². The van der Waals surface area contributed by atoms with E-state index in [9.17, 15) is 36.2 Å². The lowest BCUT2D eigenvalue weighted by Crippen LogP contribution is -2.10. The summed E-state index contributed by atoms with van der Waals surface area (Å²) in [6.45, 7) is 3.12. The molecule has 1 atom stereocenters. The number of carbonyl (C=O) groups is 1. The number of alkyl halides is 6. The van der Waals surface area contributed by atoms with Gasteiger partial charge in [0.1, 0.15) is 11.6 Å². The van der Waals surface area contributed by atoms with Crippen LogP contribution in [0.2, 0.25) is 0 Å². The average Bonchev–Trinajstić information content (AvgIpc) is 3.44. The molecular formula is C34H26F7NO4. The molecule has 5 rings (SSSR count). The Morgan fingerprint density at radius 3 is 2.20 bits per heavy atom. The first kappa shape index (κ1) is 32.5. The van der Waals surface area contributed by atoms with E-state index in [1.807, 2.05) is 0 Å². The van der Waals surface area contributed by atoms with Crippen LogP contribution in [0.3, 0.4) is 0 Å². The fraction of sp³-hybridized carbons (Fsp3) is 0.235. The van der Waals surface area contributed by atoms with Gasteiger partial charge in [0, 0.05) is 30.0 Å². The van der Waals surface area contributed by atoms with Gasteiger partial charge in [0.2, 0.25) is 0 Å². The molecule has 12 heteroatoms. The lowest BCUT2D eigenvalue weighted by Gasteiger charge is -2.18. The number of aromatic carboxylic acids is 1. The molecule has 0 saturated carbocycles. The highest BCUT2D eigenvalue weighted by Gasteiger charge is 2.34. The Bertz CT molecular complexity index is 1860. The van der Waals surface area contributed by atoms with Gasteiger partial charge in [-0.3, -0.25) is 0 Å². The molecule has 0 fully saturated rings. The van der Waals surface area contributed by atoms with Crippen molar-refractivity contribution in [3.63, 3.8) is 0 Å². The highest BCUT2D eigenvalue weighted by Crippen LogP contribution is 2.42. The lowest BCUT2D eigenvalue weighted by molar-refractivity contribution is -0.138. The Hall–Kier alpha value is -4.87. The van der Waals surface area contributed by atoms with Crippen LogP contribution in [0.25, 0.3) is 22.3 Å². The van der Waals surface area contributed by atoms with Crippen molar-refractivity contribution < 1.29 is 50.2 Å². The molecule has 0 unspecified atom stereocenters. The van der Waals surface area contributed by atoms with E-state index in [-0.39, 0.29) is 52.0 Å². The molecule has 1 aliphatic rings. The summed E-state index contributed by atoms with van der Waals surface area (Å²) in [6, 6.07) is 13.2. The molecule has 1 N–H and O–H groups in total. The van der Waals surface area contributed by atoms with E-state index in [4.69, 9.17) is 9.57 Å². The Morgan fingerprint density at radius 1 is 0.870 bits per heavy atom. The zero-order valence-electron chi connectivity index (χ0n) is 24.6. The molecule has 240 valence electrons. The van der Waals surface area contributed by atoms with Crippen molar-refractivity contribution in [3.8, 4) is 28.0 Å². The van der Waals surface area contributed by atoms with Crippen LogP contribution in [0.5, 0.6) is 5.75 Å². The SMILES string of the molecule is COc1cc(F)c(-c2ccc(C(=O)O)cc2C)cc1-c1ccc(C(F)(F)F)cc1CC1=NO[C@H](c2cc(C)cc(C(F)(F)F)c2)C1. The van der Waals surface area contributed by atoms with Gasteiger partial charge in [-0.05, 0) is 84.1 Å². The minimum atomic E-state index is -4.69. The molecular weight excluding hydrogens is 619 g/mol. The second-order valence-electron chi connectivity index (χ2n) is 11.0. The Labute approximate surface area is 258 Å². The number of carboxylic acids is 1. The van der Waals surface area contributed by atoms with Crippen LogP contribution in [-0.4, -0.2) is 23.9 Å². The normalized spacial score (nSPS) is 15.0. The number of hydrogen-bond acceptors (Lipinski definition) is 4. The van der Waals surface area contributed by atoms with E-state index < -0.39 is 41.4 Å². The monoisotopic (exact) mass is 645 g/mol. The summed E-state index contributed by atoms with van der Waals surface area (Å²) in [6.07, 6.45) is -10.3. The van der Waals surface area contributed by atoms with E-state index in [2.05, 4.69) is 5.16 Å². The smallest absolute Gasteiger partial charge is 0.416 e. The lowest BCUT2D eigenvalue weighted by atomic mass is 9.89. The third kappa shape index (κ3) is 6.70. The zero-order valence-corrected chi connectivity index (χ0v) is 24.6. The molecule has 0 bridgehead atoms. The molecule has 0 spiro atoms. The van der Waals surface area contributed by atoms with Crippen molar-refractivity contribution >= 4 is 11.7 Å². The van der Waals surface area contributed by atoms with Gasteiger partial charge in [0.25, 0.3) is 0 Å². The largest absolute Gasteiger partial charge is 0.496 e. The van der Waals surface area contributed by atoms with Gasteiger partial charge in [-0.1, -0.05) is 28.9 Å². The van der Waals surface area contributed by atoms with Gasteiger partial charge in [0.05, 0.1) is 29.5 Å². The molecule has 4 aromatic rings. The Morgan fingerprint density at radius 2 is 1.57 bits per heavy atom. The van der Waals surface area contributed by atoms with Crippen LogP contribution < -0.4 is 4.74 Å². The second-order valence-corrected chi connectivity index (χ2v) is 11.0.